The lowest BCUT2D eigenvalue weighted by molar-refractivity contribution is 0.0898. The Labute approximate surface area is 104 Å². The minimum absolute atomic E-state index is 0.269. The summed E-state index contributed by atoms with van der Waals surface area (Å²) in [6, 6.07) is 2.85. The molecule has 0 spiro atoms. The second-order valence-corrected chi connectivity index (χ2v) is 4.77. The average Bonchev–Trinajstić information content (AvgIpc) is 2.81. The smallest absolute Gasteiger partial charge is 0.254 e. The molecule has 0 atom stereocenters. The number of benzene rings is 1. The van der Waals surface area contributed by atoms with Gasteiger partial charge in [0.15, 0.2) is 0 Å². The fourth-order valence-corrected chi connectivity index (χ4v) is 2.41. The maximum atomic E-state index is 13.5. The summed E-state index contributed by atoms with van der Waals surface area (Å²) in [5.41, 5.74) is 4.95. The Kier molecular flexibility index (Phi) is 3.61. The maximum Gasteiger partial charge on any atom is 0.254 e. The molecule has 0 aliphatic heterocycles. The Morgan fingerprint density at radius 2 is 2.00 bits per heavy atom. The van der Waals surface area contributed by atoms with Crippen molar-refractivity contribution in [3.05, 3.63) is 35.4 Å². The van der Waals surface area contributed by atoms with E-state index in [1.807, 2.05) is 0 Å². The fraction of sp³-hybridized carbons (Fsp3) is 0.462. The summed E-state index contributed by atoms with van der Waals surface area (Å²) < 4.78 is 26.5. The molecule has 0 radical (unpaired) electrons. The van der Waals surface area contributed by atoms with Gasteiger partial charge in [-0.05, 0) is 31.0 Å². The van der Waals surface area contributed by atoms with Crippen LogP contribution in [0.4, 0.5) is 8.78 Å². The summed E-state index contributed by atoms with van der Waals surface area (Å²) in [5.74, 6) is -1.95. The van der Waals surface area contributed by atoms with Gasteiger partial charge in [0.1, 0.15) is 11.6 Å². The first-order chi connectivity index (χ1) is 8.56. The van der Waals surface area contributed by atoms with E-state index < -0.39 is 23.1 Å². The third kappa shape index (κ3) is 2.51. The molecule has 1 aliphatic carbocycles. The summed E-state index contributed by atoms with van der Waals surface area (Å²) in [6.45, 7) is 0.315. The van der Waals surface area contributed by atoms with Crippen LogP contribution < -0.4 is 11.1 Å². The van der Waals surface area contributed by atoms with Gasteiger partial charge in [-0.3, -0.25) is 4.79 Å². The molecule has 1 aliphatic rings. The Hall–Kier alpha value is -1.49. The van der Waals surface area contributed by atoms with Gasteiger partial charge in [0, 0.05) is 6.54 Å². The van der Waals surface area contributed by atoms with E-state index in [1.165, 1.54) is 0 Å². The van der Waals surface area contributed by atoms with Crippen LogP contribution in [0.2, 0.25) is 0 Å². The molecule has 0 saturated heterocycles. The summed E-state index contributed by atoms with van der Waals surface area (Å²) in [7, 11) is 0. The molecule has 18 heavy (non-hydrogen) atoms. The maximum absolute atomic E-state index is 13.5. The summed E-state index contributed by atoms with van der Waals surface area (Å²) in [6.07, 6.45) is 3.55. The first-order valence-corrected chi connectivity index (χ1v) is 6.04. The molecule has 1 fully saturated rings. The van der Waals surface area contributed by atoms with Crippen molar-refractivity contribution in [2.75, 3.05) is 6.54 Å². The number of hydrogen-bond donors (Lipinski definition) is 2. The quantitative estimate of drug-likeness (QED) is 0.866. The molecule has 3 nitrogen and oxygen atoms in total. The van der Waals surface area contributed by atoms with E-state index in [9.17, 15) is 13.6 Å². The predicted octanol–water partition coefficient (Wildman–Crippen LogP) is 1.97. The van der Waals surface area contributed by atoms with E-state index in [4.69, 9.17) is 5.73 Å². The van der Waals surface area contributed by atoms with Crippen LogP contribution in [0.5, 0.6) is 0 Å². The molecule has 1 aromatic rings. The zero-order valence-corrected chi connectivity index (χ0v) is 10.0. The fourth-order valence-electron chi connectivity index (χ4n) is 2.41. The number of hydrogen-bond acceptors (Lipinski definition) is 2. The second kappa shape index (κ2) is 5.02. The number of amides is 1. The van der Waals surface area contributed by atoms with Crippen molar-refractivity contribution in [2.24, 2.45) is 5.73 Å². The lowest BCUT2D eigenvalue weighted by Crippen LogP contribution is -2.51. The highest BCUT2D eigenvalue weighted by molar-refractivity contribution is 5.95. The largest absolute Gasteiger partial charge is 0.345 e. The topological polar surface area (TPSA) is 55.1 Å². The molecular weight excluding hydrogens is 238 g/mol. The number of nitrogens with two attached hydrogens (primary N) is 1. The molecule has 0 heterocycles. The SMILES string of the molecule is NCC1(NC(=O)c2cc(F)ccc2F)CCCC1. The van der Waals surface area contributed by atoms with E-state index in [2.05, 4.69) is 5.32 Å². The summed E-state index contributed by atoms with van der Waals surface area (Å²) >= 11 is 0. The number of rotatable bonds is 3. The van der Waals surface area contributed by atoms with Crippen LogP contribution in [-0.2, 0) is 0 Å². The Balaban J connectivity index is 2.18. The zero-order valence-electron chi connectivity index (χ0n) is 10.0. The minimum Gasteiger partial charge on any atom is -0.345 e. The van der Waals surface area contributed by atoms with Crippen LogP contribution in [0.3, 0.4) is 0 Å². The number of nitrogens with one attached hydrogen (secondary N) is 1. The van der Waals surface area contributed by atoms with E-state index in [-0.39, 0.29) is 5.56 Å². The van der Waals surface area contributed by atoms with Crippen LogP contribution in [0, 0.1) is 11.6 Å². The van der Waals surface area contributed by atoms with Crippen molar-refractivity contribution in [1.82, 2.24) is 5.32 Å². The zero-order chi connectivity index (χ0) is 13.2. The molecule has 2 rings (SSSR count). The van der Waals surface area contributed by atoms with Crippen molar-refractivity contribution in [3.8, 4) is 0 Å². The minimum atomic E-state index is -0.723. The van der Waals surface area contributed by atoms with Crippen molar-refractivity contribution in [1.29, 1.82) is 0 Å². The molecular formula is C13H16F2N2O. The highest BCUT2D eigenvalue weighted by Gasteiger charge is 2.34. The first kappa shape index (κ1) is 13.0. The first-order valence-electron chi connectivity index (χ1n) is 6.04. The van der Waals surface area contributed by atoms with Gasteiger partial charge in [-0.25, -0.2) is 8.78 Å². The van der Waals surface area contributed by atoms with E-state index in [1.54, 1.807) is 0 Å². The van der Waals surface area contributed by atoms with E-state index in [0.29, 0.717) is 6.54 Å². The summed E-state index contributed by atoms with van der Waals surface area (Å²) in [4.78, 5) is 12.0. The van der Waals surface area contributed by atoms with Crippen molar-refractivity contribution in [2.45, 2.75) is 31.2 Å². The van der Waals surface area contributed by atoms with Crippen LogP contribution in [0.1, 0.15) is 36.0 Å². The average molecular weight is 254 g/mol. The molecule has 5 heteroatoms. The predicted molar refractivity (Wildman–Crippen MR) is 64.1 cm³/mol. The molecule has 0 bridgehead atoms. The Morgan fingerprint density at radius 3 is 2.61 bits per heavy atom. The molecule has 0 aromatic heterocycles. The van der Waals surface area contributed by atoms with Gasteiger partial charge in [-0.1, -0.05) is 12.8 Å². The number of halogens is 2. The summed E-state index contributed by atoms with van der Waals surface area (Å²) in [5, 5.41) is 2.76. The van der Waals surface area contributed by atoms with Gasteiger partial charge < -0.3 is 11.1 Å². The lowest BCUT2D eigenvalue weighted by atomic mass is 9.97. The number of carbonyl (C=O) groups is 1. The van der Waals surface area contributed by atoms with Gasteiger partial charge in [0.2, 0.25) is 0 Å². The van der Waals surface area contributed by atoms with Crippen LogP contribution in [-0.4, -0.2) is 18.0 Å². The van der Waals surface area contributed by atoms with Gasteiger partial charge in [-0.15, -0.1) is 0 Å². The molecule has 1 saturated carbocycles. The van der Waals surface area contributed by atoms with E-state index in [0.717, 1.165) is 43.9 Å². The van der Waals surface area contributed by atoms with Gasteiger partial charge in [0.05, 0.1) is 11.1 Å². The normalized spacial score (nSPS) is 17.7. The third-order valence-electron chi connectivity index (χ3n) is 3.50. The Bertz CT molecular complexity index is 456. The number of carbonyl (C=O) groups excluding carboxylic acids is 1. The second-order valence-electron chi connectivity index (χ2n) is 4.77. The molecule has 0 unspecified atom stereocenters. The van der Waals surface area contributed by atoms with Crippen molar-refractivity contribution < 1.29 is 13.6 Å². The third-order valence-corrected chi connectivity index (χ3v) is 3.50. The molecule has 1 amide bonds. The molecule has 3 N–H and O–H groups in total. The highest BCUT2D eigenvalue weighted by Crippen LogP contribution is 2.29. The van der Waals surface area contributed by atoms with Crippen LogP contribution >= 0.6 is 0 Å². The van der Waals surface area contributed by atoms with Gasteiger partial charge in [0.25, 0.3) is 5.91 Å². The standard InChI is InChI=1S/C13H16F2N2O/c14-9-3-4-11(15)10(7-9)12(18)17-13(8-16)5-1-2-6-13/h3-4,7H,1-2,5-6,8,16H2,(H,17,18). The molecule has 98 valence electrons. The highest BCUT2D eigenvalue weighted by atomic mass is 19.1. The van der Waals surface area contributed by atoms with Gasteiger partial charge >= 0.3 is 0 Å². The van der Waals surface area contributed by atoms with E-state index >= 15 is 0 Å². The lowest BCUT2D eigenvalue weighted by Gasteiger charge is -2.28. The Morgan fingerprint density at radius 1 is 1.33 bits per heavy atom. The van der Waals surface area contributed by atoms with Crippen molar-refractivity contribution in [3.63, 3.8) is 0 Å². The van der Waals surface area contributed by atoms with Gasteiger partial charge in [-0.2, -0.15) is 0 Å². The van der Waals surface area contributed by atoms with Crippen LogP contribution in [0.15, 0.2) is 18.2 Å². The van der Waals surface area contributed by atoms with Crippen LogP contribution in [0.25, 0.3) is 0 Å². The van der Waals surface area contributed by atoms with Crippen molar-refractivity contribution >= 4 is 5.91 Å². The molecule has 1 aromatic carbocycles. The monoisotopic (exact) mass is 254 g/mol.